The van der Waals surface area contributed by atoms with Crippen molar-refractivity contribution in [1.29, 1.82) is 0 Å². The van der Waals surface area contributed by atoms with Crippen molar-refractivity contribution < 1.29 is 14.2 Å². The van der Waals surface area contributed by atoms with Crippen molar-refractivity contribution in [2.45, 2.75) is 33.3 Å². The van der Waals surface area contributed by atoms with Crippen molar-refractivity contribution in [2.24, 2.45) is 10.9 Å². The molecular weight excluding hydrogens is 424 g/mol. The molecule has 3 N–H and O–H groups in total. The van der Waals surface area contributed by atoms with Gasteiger partial charge in [0.2, 0.25) is 0 Å². The summed E-state index contributed by atoms with van der Waals surface area (Å²) in [6.07, 6.45) is 0.335. The van der Waals surface area contributed by atoms with Crippen molar-refractivity contribution in [1.82, 2.24) is 10.6 Å². The second-order valence-electron chi connectivity index (χ2n) is 5.75. The van der Waals surface area contributed by atoms with Crippen LogP contribution < -0.4 is 15.4 Å². The van der Waals surface area contributed by atoms with E-state index in [1.165, 1.54) is 24.3 Å². The summed E-state index contributed by atoms with van der Waals surface area (Å²) >= 11 is 0. The quantitative estimate of drug-likeness (QED) is 0.306. The summed E-state index contributed by atoms with van der Waals surface area (Å²) in [7, 11) is 0. The zero-order valence-electron chi connectivity index (χ0n) is 14.6. The average molecular weight is 453 g/mol. The normalized spacial score (nSPS) is 12.5. The molecule has 1 aromatic rings. The number of nitrogens with one attached hydrogen (secondary N) is 2. The van der Waals surface area contributed by atoms with Gasteiger partial charge in [-0.25, -0.2) is 4.39 Å². The van der Waals surface area contributed by atoms with Crippen molar-refractivity contribution in [3.63, 3.8) is 0 Å². The molecule has 0 fully saturated rings. The van der Waals surface area contributed by atoms with Crippen LogP contribution in [0.25, 0.3) is 0 Å². The number of hydrogen-bond acceptors (Lipinski definition) is 3. The Morgan fingerprint density at radius 1 is 1.25 bits per heavy atom. The molecule has 0 aliphatic carbocycles. The van der Waals surface area contributed by atoms with Gasteiger partial charge >= 0.3 is 0 Å². The standard InChI is InChI=1S/C17H28FN3O2.HI/c1-4-19-17(20-10-9-13(2)3)21-11-15(22)12-23-16-7-5-14(18)6-8-16;/h5-8,13,15,22H,4,9-12H2,1-3H3,(H2,19,20,21);1H. The van der Waals surface area contributed by atoms with Crippen LogP contribution in [0.3, 0.4) is 0 Å². The van der Waals surface area contributed by atoms with Crippen LogP contribution in [0.4, 0.5) is 4.39 Å². The third kappa shape index (κ3) is 10.6. The molecule has 1 atom stereocenters. The molecule has 0 aliphatic heterocycles. The van der Waals surface area contributed by atoms with E-state index in [1.54, 1.807) is 0 Å². The summed E-state index contributed by atoms with van der Waals surface area (Å²) in [5, 5.41) is 16.3. The number of nitrogens with zero attached hydrogens (tertiary/aromatic N) is 1. The number of aliphatic hydroxyl groups is 1. The highest BCUT2D eigenvalue weighted by Gasteiger charge is 2.06. The van der Waals surface area contributed by atoms with Crippen LogP contribution in [0.15, 0.2) is 29.3 Å². The minimum absolute atomic E-state index is 0. The second kappa shape index (κ2) is 13.2. The first-order chi connectivity index (χ1) is 11.0. The van der Waals surface area contributed by atoms with Crippen molar-refractivity contribution in [2.75, 3.05) is 26.2 Å². The second-order valence-corrected chi connectivity index (χ2v) is 5.75. The molecule has 0 aliphatic rings. The van der Waals surface area contributed by atoms with E-state index in [2.05, 4.69) is 29.5 Å². The van der Waals surface area contributed by atoms with Gasteiger partial charge in [0.05, 0.1) is 6.54 Å². The van der Waals surface area contributed by atoms with Gasteiger partial charge in [-0.3, -0.25) is 4.99 Å². The number of halogens is 2. The Morgan fingerprint density at radius 3 is 2.50 bits per heavy atom. The molecule has 1 unspecified atom stereocenters. The van der Waals surface area contributed by atoms with E-state index < -0.39 is 6.10 Å². The third-order valence-corrected chi connectivity index (χ3v) is 3.07. The number of hydrogen-bond donors (Lipinski definition) is 3. The van der Waals surface area contributed by atoms with Crippen LogP contribution in [-0.2, 0) is 0 Å². The van der Waals surface area contributed by atoms with Crippen molar-refractivity contribution >= 4 is 29.9 Å². The highest BCUT2D eigenvalue weighted by atomic mass is 127. The van der Waals surface area contributed by atoms with Crippen molar-refractivity contribution in [3.8, 4) is 5.75 Å². The van der Waals surface area contributed by atoms with Crippen LogP contribution >= 0.6 is 24.0 Å². The molecule has 0 spiro atoms. The summed E-state index contributed by atoms with van der Waals surface area (Å²) < 4.78 is 18.2. The molecule has 0 amide bonds. The monoisotopic (exact) mass is 453 g/mol. The van der Waals surface area contributed by atoms with E-state index in [-0.39, 0.29) is 42.9 Å². The van der Waals surface area contributed by atoms with Gasteiger partial charge in [-0.2, -0.15) is 0 Å². The van der Waals surface area contributed by atoms with Gasteiger partial charge < -0.3 is 20.5 Å². The lowest BCUT2D eigenvalue weighted by molar-refractivity contribution is 0.114. The van der Waals surface area contributed by atoms with E-state index in [9.17, 15) is 9.50 Å². The maximum absolute atomic E-state index is 12.8. The minimum atomic E-state index is -0.722. The lowest BCUT2D eigenvalue weighted by Gasteiger charge is -2.14. The molecule has 138 valence electrons. The van der Waals surface area contributed by atoms with Gasteiger partial charge in [0.15, 0.2) is 5.96 Å². The summed E-state index contributed by atoms with van der Waals surface area (Å²) in [4.78, 5) is 4.34. The summed E-state index contributed by atoms with van der Waals surface area (Å²) in [6, 6.07) is 5.70. The number of aliphatic imine (C=N–C) groups is 1. The molecule has 24 heavy (non-hydrogen) atoms. The minimum Gasteiger partial charge on any atom is -0.491 e. The summed E-state index contributed by atoms with van der Waals surface area (Å²) in [5.41, 5.74) is 0. The number of aliphatic hydroxyl groups excluding tert-OH is 1. The van der Waals surface area contributed by atoms with E-state index in [4.69, 9.17) is 4.74 Å². The van der Waals surface area contributed by atoms with E-state index in [1.807, 2.05) is 6.92 Å². The van der Waals surface area contributed by atoms with Gasteiger partial charge in [-0.15, -0.1) is 24.0 Å². The highest BCUT2D eigenvalue weighted by molar-refractivity contribution is 14.0. The predicted molar refractivity (Wildman–Crippen MR) is 107 cm³/mol. The predicted octanol–water partition coefficient (Wildman–Crippen LogP) is 2.78. The Labute approximate surface area is 161 Å². The van der Waals surface area contributed by atoms with E-state index in [0.29, 0.717) is 17.6 Å². The lowest BCUT2D eigenvalue weighted by Crippen LogP contribution is -2.39. The Hall–Kier alpha value is -1.09. The molecule has 7 heteroatoms. The molecule has 1 aromatic carbocycles. The van der Waals surface area contributed by atoms with Gasteiger partial charge in [0.25, 0.3) is 0 Å². The lowest BCUT2D eigenvalue weighted by atomic mass is 10.1. The highest BCUT2D eigenvalue weighted by Crippen LogP contribution is 2.11. The maximum Gasteiger partial charge on any atom is 0.191 e. The largest absolute Gasteiger partial charge is 0.491 e. The van der Waals surface area contributed by atoms with Crippen LogP contribution in [0, 0.1) is 11.7 Å². The molecule has 0 saturated heterocycles. The van der Waals surface area contributed by atoms with Crippen LogP contribution in [0.2, 0.25) is 0 Å². The Morgan fingerprint density at radius 2 is 1.92 bits per heavy atom. The fourth-order valence-corrected chi connectivity index (χ4v) is 1.79. The maximum atomic E-state index is 12.8. The summed E-state index contributed by atoms with van der Waals surface area (Å²) in [6.45, 7) is 8.28. The molecule has 1 rings (SSSR count). The Balaban J connectivity index is 0.00000529. The molecule has 0 heterocycles. The fraction of sp³-hybridized carbons (Fsp3) is 0.588. The van der Waals surface area contributed by atoms with Crippen molar-refractivity contribution in [3.05, 3.63) is 30.1 Å². The van der Waals surface area contributed by atoms with E-state index >= 15 is 0 Å². The molecule has 0 radical (unpaired) electrons. The molecule has 0 bridgehead atoms. The smallest absolute Gasteiger partial charge is 0.191 e. The first kappa shape index (κ1) is 22.9. The first-order valence-electron chi connectivity index (χ1n) is 8.09. The number of rotatable bonds is 9. The topological polar surface area (TPSA) is 65.9 Å². The van der Waals surface area contributed by atoms with Gasteiger partial charge in [-0.05, 0) is 43.5 Å². The van der Waals surface area contributed by atoms with Crippen LogP contribution in [0.1, 0.15) is 27.2 Å². The Bertz CT molecular complexity index is 469. The zero-order chi connectivity index (χ0) is 17.1. The van der Waals surface area contributed by atoms with Gasteiger partial charge in [-0.1, -0.05) is 13.8 Å². The molecule has 0 saturated carbocycles. The van der Waals surface area contributed by atoms with Crippen LogP contribution in [0.5, 0.6) is 5.75 Å². The molecule has 5 nitrogen and oxygen atoms in total. The zero-order valence-corrected chi connectivity index (χ0v) is 16.9. The third-order valence-electron chi connectivity index (χ3n) is 3.07. The molecule has 0 aromatic heterocycles. The SMILES string of the molecule is CCNC(=NCC(O)COc1ccc(F)cc1)NCCC(C)C.I. The van der Waals surface area contributed by atoms with Crippen LogP contribution in [-0.4, -0.2) is 43.4 Å². The first-order valence-corrected chi connectivity index (χ1v) is 8.09. The van der Waals surface area contributed by atoms with Gasteiger partial charge in [0, 0.05) is 13.1 Å². The molecular formula is C17H29FIN3O2. The Kier molecular flexibility index (Phi) is 12.6. The number of benzene rings is 1. The summed E-state index contributed by atoms with van der Waals surface area (Å²) in [5.74, 6) is 1.52. The number of guanidine groups is 1. The fourth-order valence-electron chi connectivity index (χ4n) is 1.79. The average Bonchev–Trinajstić information content (AvgIpc) is 2.51. The number of ether oxygens (including phenoxy) is 1. The van der Waals surface area contributed by atoms with Gasteiger partial charge in [0.1, 0.15) is 24.3 Å². The van der Waals surface area contributed by atoms with E-state index in [0.717, 1.165) is 19.5 Å².